The molecule has 0 saturated carbocycles. The van der Waals surface area contributed by atoms with E-state index in [0.29, 0.717) is 17.7 Å². The Kier molecular flexibility index (Phi) is 8.89. The second kappa shape index (κ2) is 11.4. The summed E-state index contributed by atoms with van der Waals surface area (Å²) in [5.74, 6) is -2.57. The highest BCUT2D eigenvalue weighted by Gasteiger charge is 2.31. The SMILES string of the molecule is CC(=O)OC(C(C)C)N1CCC(c2noc3cc(F)ccc23)CC1.O=C(O)C=CC(=O)O. The number of nitrogens with zero attached hydrogens (tertiary/aromatic N) is 2. The number of fused-ring (bicyclic) bond motifs is 1. The number of rotatable bonds is 6. The largest absolute Gasteiger partial charge is 0.478 e. The predicted octanol–water partition coefficient (Wildman–Crippen LogP) is 3.40. The molecule has 0 amide bonds. The van der Waals surface area contributed by atoms with Crippen LogP contribution in [0, 0.1) is 11.7 Å². The predicted molar refractivity (Wildman–Crippen MR) is 112 cm³/mol. The fraction of sp³-hybridized carbons (Fsp3) is 0.455. The summed E-state index contributed by atoms with van der Waals surface area (Å²) in [5.41, 5.74) is 1.39. The molecule has 1 aromatic heterocycles. The summed E-state index contributed by atoms with van der Waals surface area (Å²) in [5, 5.41) is 20.7. The van der Waals surface area contributed by atoms with Crippen LogP contribution in [0.15, 0.2) is 34.9 Å². The zero-order valence-electron chi connectivity index (χ0n) is 18.2. The molecule has 1 fully saturated rings. The maximum atomic E-state index is 13.3. The van der Waals surface area contributed by atoms with E-state index in [0.717, 1.165) is 37.0 Å². The lowest BCUT2D eigenvalue weighted by molar-refractivity contribution is -0.163. The third-order valence-corrected chi connectivity index (χ3v) is 4.96. The van der Waals surface area contributed by atoms with Crippen LogP contribution in [-0.2, 0) is 19.1 Å². The summed E-state index contributed by atoms with van der Waals surface area (Å²) >= 11 is 0. The van der Waals surface area contributed by atoms with E-state index in [1.807, 2.05) is 0 Å². The van der Waals surface area contributed by atoms with Crippen molar-refractivity contribution in [2.45, 2.75) is 45.8 Å². The minimum atomic E-state index is -1.26. The number of hydrogen-bond acceptors (Lipinski definition) is 7. The van der Waals surface area contributed by atoms with Crippen molar-refractivity contribution in [2.75, 3.05) is 13.1 Å². The molecule has 2 N–H and O–H groups in total. The minimum absolute atomic E-state index is 0.188. The average Bonchev–Trinajstić information content (AvgIpc) is 3.14. The number of hydrogen-bond donors (Lipinski definition) is 2. The number of aromatic nitrogens is 1. The van der Waals surface area contributed by atoms with Crippen molar-refractivity contribution in [2.24, 2.45) is 5.92 Å². The van der Waals surface area contributed by atoms with Gasteiger partial charge in [0.05, 0.1) is 5.69 Å². The lowest BCUT2D eigenvalue weighted by atomic mass is 9.91. The summed E-state index contributed by atoms with van der Waals surface area (Å²) in [6.07, 6.45) is 2.74. The van der Waals surface area contributed by atoms with Gasteiger partial charge in [-0.25, -0.2) is 14.0 Å². The maximum Gasteiger partial charge on any atom is 0.328 e. The molecule has 1 aromatic carbocycles. The maximum absolute atomic E-state index is 13.3. The van der Waals surface area contributed by atoms with Crippen LogP contribution >= 0.6 is 0 Å². The van der Waals surface area contributed by atoms with Gasteiger partial charge in [0.2, 0.25) is 0 Å². The van der Waals surface area contributed by atoms with E-state index >= 15 is 0 Å². The molecule has 10 heteroatoms. The van der Waals surface area contributed by atoms with Crippen LogP contribution in [0.3, 0.4) is 0 Å². The van der Waals surface area contributed by atoms with Gasteiger partial charge >= 0.3 is 17.9 Å². The number of ether oxygens (including phenoxy) is 1. The number of carbonyl (C=O) groups is 3. The van der Waals surface area contributed by atoms with Gasteiger partial charge in [-0.1, -0.05) is 19.0 Å². The molecule has 0 aliphatic carbocycles. The van der Waals surface area contributed by atoms with Crippen LogP contribution in [0.5, 0.6) is 0 Å². The molecule has 0 spiro atoms. The van der Waals surface area contributed by atoms with Gasteiger partial charge in [0.1, 0.15) is 5.82 Å². The quantitative estimate of drug-likeness (QED) is 0.502. The zero-order chi connectivity index (χ0) is 23.8. The topological polar surface area (TPSA) is 130 Å². The Balaban J connectivity index is 0.000000390. The van der Waals surface area contributed by atoms with Crippen molar-refractivity contribution in [3.63, 3.8) is 0 Å². The molecule has 0 radical (unpaired) electrons. The van der Waals surface area contributed by atoms with Gasteiger partial charge in [-0.3, -0.25) is 9.69 Å². The first-order valence-electron chi connectivity index (χ1n) is 10.2. The average molecular weight is 450 g/mol. The number of carboxylic acids is 2. The third-order valence-electron chi connectivity index (χ3n) is 4.96. The lowest BCUT2D eigenvalue weighted by Gasteiger charge is -2.38. The summed E-state index contributed by atoms with van der Waals surface area (Å²) in [6, 6.07) is 4.54. The standard InChI is InChI=1S/C18H23FN2O3.C4H4O4/c1-11(2)18(23-12(3)22)21-8-6-13(7-9-21)17-15-5-4-14(19)10-16(15)24-20-17;5-3(6)1-2-4(7)8/h4-5,10-11,13,18H,6-9H2,1-3H3;1-2H,(H,5,6)(H,7,8). The molecular formula is C22H27FN2O7. The molecule has 1 aliphatic rings. The Hall–Kier alpha value is -3.27. The molecule has 2 heterocycles. The van der Waals surface area contributed by atoms with E-state index < -0.39 is 11.9 Å². The molecule has 3 rings (SSSR count). The number of carboxylic acid groups (broad SMARTS) is 2. The molecule has 174 valence electrons. The van der Waals surface area contributed by atoms with Crippen LogP contribution in [0.4, 0.5) is 4.39 Å². The molecule has 9 nitrogen and oxygen atoms in total. The van der Waals surface area contributed by atoms with Gasteiger partial charge < -0.3 is 19.5 Å². The van der Waals surface area contributed by atoms with E-state index in [9.17, 15) is 18.8 Å². The van der Waals surface area contributed by atoms with Crippen molar-refractivity contribution in [1.29, 1.82) is 0 Å². The van der Waals surface area contributed by atoms with Gasteiger partial charge in [0.15, 0.2) is 11.8 Å². The normalized spacial score (nSPS) is 16.0. The smallest absolute Gasteiger partial charge is 0.328 e. The molecule has 1 aliphatic heterocycles. The van der Waals surface area contributed by atoms with E-state index in [1.54, 1.807) is 6.07 Å². The van der Waals surface area contributed by atoms with Gasteiger partial charge in [-0.15, -0.1) is 0 Å². The van der Waals surface area contributed by atoms with Gasteiger partial charge in [0.25, 0.3) is 0 Å². The highest BCUT2D eigenvalue weighted by molar-refractivity contribution is 5.89. The lowest BCUT2D eigenvalue weighted by Crippen LogP contribution is -2.46. The molecule has 0 bridgehead atoms. The van der Waals surface area contributed by atoms with Crippen molar-refractivity contribution >= 4 is 28.9 Å². The van der Waals surface area contributed by atoms with Crippen molar-refractivity contribution in [1.82, 2.24) is 10.1 Å². The van der Waals surface area contributed by atoms with E-state index in [-0.39, 0.29) is 29.9 Å². The van der Waals surface area contributed by atoms with Crippen LogP contribution in [0.2, 0.25) is 0 Å². The monoisotopic (exact) mass is 450 g/mol. The Morgan fingerprint density at radius 3 is 2.28 bits per heavy atom. The number of piperidine rings is 1. The molecule has 1 unspecified atom stereocenters. The number of aliphatic carboxylic acids is 2. The van der Waals surface area contributed by atoms with Crippen LogP contribution < -0.4 is 0 Å². The van der Waals surface area contributed by atoms with Crippen molar-refractivity contribution in [3.8, 4) is 0 Å². The molecular weight excluding hydrogens is 423 g/mol. The molecule has 2 aromatic rings. The zero-order valence-corrected chi connectivity index (χ0v) is 18.2. The fourth-order valence-electron chi connectivity index (χ4n) is 3.60. The van der Waals surface area contributed by atoms with Crippen LogP contribution in [0.1, 0.15) is 45.2 Å². The van der Waals surface area contributed by atoms with Crippen molar-refractivity contribution < 1.29 is 38.2 Å². The number of benzene rings is 1. The van der Waals surface area contributed by atoms with Crippen LogP contribution in [-0.4, -0.2) is 57.5 Å². The van der Waals surface area contributed by atoms with E-state index in [1.165, 1.54) is 19.1 Å². The Morgan fingerprint density at radius 1 is 1.19 bits per heavy atom. The first kappa shape index (κ1) is 25.0. The highest BCUT2D eigenvalue weighted by Crippen LogP contribution is 2.34. The summed E-state index contributed by atoms with van der Waals surface area (Å²) in [7, 11) is 0. The summed E-state index contributed by atoms with van der Waals surface area (Å²) < 4.78 is 24.0. The molecule has 1 saturated heterocycles. The second-order valence-corrected chi connectivity index (χ2v) is 7.77. The Morgan fingerprint density at radius 2 is 1.78 bits per heavy atom. The number of halogens is 1. The summed E-state index contributed by atoms with van der Waals surface area (Å²) in [4.78, 5) is 32.6. The van der Waals surface area contributed by atoms with Gasteiger partial charge in [-0.2, -0.15) is 0 Å². The number of esters is 1. The van der Waals surface area contributed by atoms with E-state index in [2.05, 4.69) is 23.9 Å². The first-order valence-corrected chi connectivity index (χ1v) is 10.2. The fourth-order valence-corrected chi connectivity index (χ4v) is 3.60. The molecule has 32 heavy (non-hydrogen) atoms. The first-order chi connectivity index (χ1) is 15.1. The third kappa shape index (κ3) is 7.16. The Labute approximate surface area is 184 Å². The highest BCUT2D eigenvalue weighted by atomic mass is 19.1. The molecule has 1 atom stereocenters. The van der Waals surface area contributed by atoms with Crippen LogP contribution in [0.25, 0.3) is 11.0 Å². The van der Waals surface area contributed by atoms with E-state index in [4.69, 9.17) is 19.5 Å². The number of carbonyl (C=O) groups excluding carboxylic acids is 1. The Bertz CT molecular complexity index is 962. The summed E-state index contributed by atoms with van der Waals surface area (Å²) in [6.45, 7) is 7.22. The number of likely N-dealkylation sites (tertiary alicyclic amines) is 1. The van der Waals surface area contributed by atoms with Gasteiger partial charge in [-0.05, 0) is 25.0 Å². The minimum Gasteiger partial charge on any atom is -0.478 e. The van der Waals surface area contributed by atoms with Crippen molar-refractivity contribution in [3.05, 3.63) is 41.9 Å². The van der Waals surface area contributed by atoms with Gasteiger partial charge in [0, 0.05) is 55.5 Å². The second-order valence-electron chi connectivity index (χ2n) is 7.77.